The Hall–Kier alpha value is -1.66. The molecule has 2 unspecified atom stereocenters. The number of rotatable bonds is 6. The van der Waals surface area contributed by atoms with Gasteiger partial charge in [-0.1, -0.05) is 0 Å². The highest BCUT2D eigenvalue weighted by atomic mass is 16.5. The van der Waals surface area contributed by atoms with E-state index in [1.165, 1.54) is 0 Å². The maximum Gasteiger partial charge on any atom is 0.252 e. The van der Waals surface area contributed by atoms with E-state index in [1.807, 2.05) is 13.0 Å². The number of hydrogen-bond acceptors (Lipinski definition) is 5. The van der Waals surface area contributed by atoms with E-state index >= 15 is 0 Å². The highest BCUT2D eigenvalue weighted by Gasteiger charge is 2.24. The number of aliphatic hydroxyl groups excluding tert-OH is 1. The fourth-order valence-electron chi connectivity index (χ4n) is 2.69. The number of aliphatic hydroxyl groups is 1. The van der Waals surface area contributed by atoms with E-state index in [0.717, 1.165) is 31.7 Å². The summed E-state index contributed by atoms with van der Waals surface area (Å²) in [6.45, 7) is 4.57. The Bertz CT molecular complexity index is 476. The topological polar surface area (TPSA) is 74.7 Å². The van der Waals surface area contributed by atoms with E-state index < -0.39 is 0 Å². The molecule has 0 spiro atoms. The van der Waals surface area contributed by atoms with Crippen molar-refractivity contribution in [3.8, 4) is 0 Å². The molecule has 0 bridgehead atoms. The molecule has 1 aliphatic rings. The zero-order valence-electron chi connectivity index (χ0n) is 13.3. The Morgan fingerprint density at radius 1 is 1.59 bits per heavy atom. The number of pyridine rings is 1. The molecule has 6 nitrogen and oxygen atoms in total. The Morgan fingerprint density at radius 3 is 3.05 bits per heavy atom. The summed E-state index contributed by atoms with van der Waals surface area (Å²) in [6.07, 6.45) is 3.40. The van der Waals surface area contributed by atoms with Crippen LogP contribution in [0.4, 0.5) is 5.82 Å². The number of carbonyl (C=O) groups excluding carboxylic acids is 1. The van der Waals surface area contributed by atoms with E-state index in [4.69, 9.17) is 4.74 Å². The van der Waals surface area contributed by atoms with Gasteiger partial charge in [0.15, 0.2) is 0 Å². The maximum absolute atomic E-state index is 11.9. The molecule has 0 aliphatic carbocycles. The monoisotopic (exact) mass is 307 g/mol. The zero-order chi connectivity index (χ0) is 15.9. The fraction of sp³-hybridized carbons (Fsp3) is 0.625. The molecule has 1 aliphatic heterocycles. The first kappa shape index (κ1) is 16.7. The van der Waals surface area contributed by atoms with E-state index in [2.05, 4.69) is 15.2 Å². The number of anilines is 1. The summed E-state index contributed by atoms with van der Waals surface area (Å²) < 4.78 is 4.90. The van der Waals surface area contributed by atoms with Crippen molar-refractivity contribution in [3.63, 3.8) is 0 Å². The molecule has 122 valence electrons. The summed E-state index contributed by atoms with van der Waals surface area (Å²) in [5.74, 6) is 1.00. The molecule has 1 saturated heterocycles. The van der Waals surface area contributed by atoms with E-state index in [0.29, 0.717) is 18.7 Å². The standard InChI is InChI=1S/C16H25N3O3/c1-12(20)14-4-3-8-19(11-14)15-6-5-13(10-18-15)16(21)17-7-9-22-2/h5-6,10,12,14,20H,3-4,7-9,11H2,1-2H3,(H,17,21). The Kier molecular flexibility index (Phi) is 6.15. The smallest absolute Gasteiger partial charge is 0.252 e. The summed E-state index contributed by atoms with van der Waals surface area (Å²) in [5.41, 5.74) is 0.545. The molecule has 0 radical (unpaired) electrons. The third kappa shape index (κ3) is 4.42. The average Bonchev–Trinajstić information content (AvgIpc) is 2.55. The van der Waals surface area contributed by atoms with Gasteiger partial charge in [-0.3, -0.25) is 4.79 Å². The predicted octanol–water partition coefficient (Wildman–Crippen LogP) is 1.05. The number of ether oxygens (including phenoxy) is 1. The summed E-state index contributed by atoms with van der Waals surface area (Å²) in [4.78, 5) is 18.5. The maximum atomic E-state index is 11.9. The van der Waals surface area contributed by atoms with Crippen LogP contribution >= 0.6 is 0 Å². The number of carbonyl (C=O) groups is 1. The van der Waals surface area contributed by atoms with Crippen LogP contribution in [0.15, 0.2) is 18.3 Å². The van der Waals surface area contributed by atoms with E-state index in [-0.39, 0.29) is 17.9 Å². The largest absolute Gasteiger partial charge is 0.393 e. The van der Waals surface area contributed by atoms with Crippen LogP contribution < -0.4 is 10.2 Å². The molecule has 22 heavy (non-hydrogen) atoms. The van der Waals surface area contributed by atoms with E-state index in [9.17, 15) is 9.90 Å². The molecule has 0 aromatic carbocycles. The Morgan fingerprint density at radius 2 is 2.41 bits per heavy atom. The van der Waals surface area contributed by atoms with Gasteiger partial charge in [0.05, 0.1) is 18.3 Å². The lowest BCUT2D eigenvalue weighted by Crippen LogP contribution is -2.40. The summed E-state index contributed by atoms with van der Waals surface area (Å²) >= 11 is 0. The van der Waals surface area contributed by atoms with Gasteiger partial charge in [0.1, 0.15) is 5.82 Å². The fourth-order valence-corrected chi connectivity index (χ4v) is 2.69. The first-order chi connectivity index (χ1) is 10.6. The molecule has 0 saturated carbocycles. The van der Waals surface area contributed by atoms with Gasteiger partial charge in [0.25, 0.3) is 5.91 Å². The number of amides is 1. The molecular formula is C16H25N3O3. The molecule has 1 fully saturated rings. The quantitative estimate of drug-likeness (QED) is 0.769. The summed E-state index contributed by atoms with van der Waals surface area (Å²) in [7, 11) is 1.60. The van der Waals surface area contributed by atoms with Gasteiger partial charge in [0.2, 0.25) is 0 Å². The number of piperidine rings is 1. The van der Waals surface area contributed by atoms with Gasteiger partial charge in [-0.05, 0) is 31.9 Å². The van der Waals surface area contributed by atoms with Crippen LogP contribution in [0.2, 0.25) is 0 Å². The van der Waals surface area contributed by atoms with Gasteiger partial charge in [0, 0.05) is 38.9 Å². The molecule has 1 aromatic heterocycles. The van der Waals surface area contributed by atoms with Gasteiger partial charge in [-0.2, -0.15) is 0 Å². The molecule has 2 rings (SSSR count). The van der Waals surface area contributed by atoms with Crippen LogP contribution in [0.25, 0.3) is 0 Å². The minimum atomic E-state index is -0.298. The minimum absolute atomic E-state index is 0.142. The number of hydrogen-bond donors (Lipinski definition) is 2. The predicted molar refractivity (Wildman–Crippen MR) is 85.1 cm³/mol. The zero-order valence-corrected chi connectivity index (χ0v) is 13.3. The van der Waals surface area contributed by atoms with Crippen molar-refractivity contribution >= 4 is 11.7 Å². The summed E-state index contributed by atoms with van der Waals surface area (Å²) in [5, 5.41) is 12.5. The third-order valence-corrected chi connectivity index (χ3v) is 4.07. The Balaban J connectivity index is 1.95. The van der Waals surface area contributed by atoms with Crippen molar-refractivity contribution in [1.29, 1.82) is 0 Å². The second kappa shape index (κ2) is 8.10. The first-order valence-corrected chi connectivity index (χ1v) is 7.78. The lowest BCUT2D eigenvalue weighted by atomic mass is 9.93. The SMILES string of the molecule is COCCNC(=O)c1ccc(N2CCCC(C(C)O)C2)nc1. The average molecular weight is 307 g/mol. The number of nitrogens with one attached hydrogen (secondary N) is 1. The second-order valence-corrected chi connectivity index (χ2v) is 5.74. The van der Waals surface area contributed by atoms with Crippen molar-refractivity contribution in [2.45, 2.75) is 25.9 Å². The molecule has 6 heteroatoms. The molecule has 1 aromatic rings. The third-order valence-electron chi connectivity index (χ3n) is 4.07. The number of methoxy groups -OCH3 is 1. The van der Waals surface area contributed by atoms with Crippen molar-refractivity contribution < 1.29 is 14.6 Å². The molecule has 2 heterocycles. The number of aromatic nitrogens is 1. The van der Waals surface area contributed by atoms with Crippen LogP contribution in [-0.2, 0) is 4.74 Å². The number of nitrogens with zero attached hydrogens (tertiary/aromatic N) is 2. The summed E-state index contributed by atoms with van der Waals surface area (Å²) in [6, 6.07) is 3.66. The van der Waals surface area contributed by atoms with Gasteiger partial charge in [-0.25, -0.2) is 4.98 Å². The van der Waals surface area contributed by atoms with Crippen LogP contribution in [0.1, 0.15) is 30.1 Å². The lowest BCUT2D eigenvalue weighted by molar-refractivity contribution is 0.0936. The van der Waals surface area contributed by atoms with Crippen molar-refractivity contribution in [1.82, 2.24) is 10.3 Å². The lowest BCUT2D eigenvalue weighted by Gasteiger charge is -2.34. The van der Waals surface area contributed by atoms with Gasteiger partial charge >= 0.3 is 0 Å². The van der Waals surface area contributed by atoms with Crippen molar-refractivity contribution in [2.75, 3.05) is 38.3 Å². The molecular weight excluding hydrogens is 282 g/mol. The first-order valence-electron chi connectivity index (χ1n) is 7.78. The highest BCUT2D eigenvalue weighted by molar-refractivity contribution is 5.94. The van der Waals surface area contributed by atoms with E-state index in [1.54, 1.807) is 19.4 Å². The van der Waals surface area contributed by atoms with Crippen molar-refractivity contribution in [3.05, 3.63) is 23.9 Å². The molecule has 2 atom stereocenters. The second-order valence-electron chi connectivity index (χ2n) is 5.74. The van der Waals surface area contributed by atoms with Crippen LogP contribution in [0, 0.1) is 5.92 Å². The van der Waals surface area contributed by atoms with Crippen molar-refractivity contribution in [2.24, 2.45) is 5.92 Å². The normalized spacial score (nSPS) is 19.8. The van der Waals surface area contributed by atoms with Crippen LogP contribution in [0.3, 0.4) is 0 Å². The van der Waals surface area contributed by atoms with Crippen LogP contribution in [-0.4, -0.2) is 55.5 Å². The molecule has 2 N–H and O–H groups in total. The molecule has 1 amide bonds. The Labute approximate surface area is 131 Å². The van der Waals surface area contributed by atoms with Gasteiger partial charge in [-0.15, -0.1) is 0 Å². The van der Waals surface area contributed by atoms with Crippen LogP contribution in [0.5, 0.6) is 0 Å². The minimum Gasteiger partial charge on any atom is -0.393 e. The van der Waals surface area contributed by atoms with Gasteiger partial charge < -0.3 is 20.1 Å². The highest BCUT2D eigenvalue weighted by Crippen LogP contribution is 2.23.